The van der Waals surface area contributed by atoms with Crippen molar-refractivity contribution in [2.24, 2.45) is 0 Å². The van der Waals surface area contributed by atoms with Crippen molar-refractivity contribution in [3.05, 3.63) is 112 Å². The summed E-state index contributed by atoms with van der Waals surface area (Å²) in [6.07, 6.45) is -3.36. The number of para-hydroxylation sites is 1. The van der Waals surface area contributed by atoms with Crippen LogP contribution in [0.4, 0.5) is 18.9 Å². The Morgan fingerprint density at radius 2 is 1.67 bits per heavy atom. The van der Waals surface area contributed by atoms with Crippen LogP contribution in [0, 0.1) is 11.3 Å². The quantitative estimate of drug-likeness (QED) is 0.216. The molecule has 4 aromatic carbocycles. The van der Waals surface area contributed by atoms with Crippen molar-refractivity contribution in [3.63, 3.8) is 0 Å². The molecule has 0 bridgehead atoms. The summed E-state index contributed by atoms with van der Waals surface area (Å²) in [6, 6.07) is 24.4. The Bertz CT molecular complexity index is 1510. The number of alkyl halides is 3. The topological polar surface area (TPSA) is 62.1 Å². The van der Waals surface area contributed by atoms with Crippen molar-refractivity contribution < 1.29 is 22.7 Å². The summed E-state index contributed by atoms with van der Waals surface area (Å²) in [5, 5.41) is 14.0. The van der Waals surface area contributed by atoms with Crippen LogP contribution >= 0.6 is 11.6 Å². The molecule has 0 atom stereocenters. The van der Waals surface area contributed by atoms with Gasteiger partial charge < -0.3 is 10.1 Å². The maximum Gasteiger partial charge on any atom is 0.418 e. The lowest BCUT2D eigenvalue weighted by molar-refractivity contribution is -0.137. The van der Waals surface area contributed by atoms with E-state index in [1.807, 2.05) is 30.3 Å². The highest BCUT2D eigenvalue weighted by Gasteiger charge is 2.33. The number of amides is 1. The number of hydrogen-bond donors (Lipinski definition) is 1. The molecular formula is C28H18ClF3N2O2. The van der Waals surface area contributed by atoms with Gasteiger partial charge in [0.15, 0.2) is 0 Å². The highest BCUT2D eigenvalue weighted by atomic mass is 35.5. The van der Waals surface area contributed by atoms with Crippen molar-refractivity contribution in [1.29, 1.82) is 5.26 Å². The van der Waals surface area contributed by atoms with E-state index in [0.717, 1.165) is 23.1 Å². The lowest BCUT2D eigenvalue weighted by Crippen LogP contribution is -2.17. The molecule has 4 nitrogen and oxygen atoms in total. The second-order valence-corrected chi connectivity index (χ2v) is 8.15. The Morgan fingerprint density at radius 3 is 2.42 bits per heavy atom. The Kier molecular flexibility index (Phi) is 7.28. The van der Waals surface area contributed by atoms with E-state index in [-0.39, 0.29) is 12.2 Å². The zero-order chi connectivity index (χ0) is 25.7. The zero-order valence-corrected chi connectivity index (χ0v) is 19.4. The maximum absolute atomic E-state index is 13.4. The first-order valence-electron chi connectivity index (χ1n) is 10.8. The smallest absolute Gasteiger partial charge is 0.418 e. The lowest BCUT2D eigenvalue weighted by atomic mass is 10.0. The van der Waals surface area contributed by atoms with Crippen LogP contribution < -0.4 is 10.1 Å². The van der Waals surface area contributed by atoms with E-state index in [2.05, 4.69) is 5.32 Å². The van der Waals surface area contributed by atoms with Crippen LogP contribution in [0.15, 0.2) is 90.5 Å². The normalized spacial score (nSPS) is 11.7. The number of hydrogen-bond acceptors (Lipinski definition) is 3. The number of carbonyl (C=O) groups is 1. The summed E-state index contributed by atoms with van der Waals surface area (Å²) in [5.41, 5.74) is -0.653. The molecule has 4 aromatic rings. The van der Waals surface area contributed by atoms with Gasteiger partial charge in [0.05, 0.1) is 11.3 Å². The molecule has 0 aromatic heterocycles. The fraction of sp³-hybridized carbons (Fsp3) is 0.0714. The van der Waals surface area contributed by atoms with Gasteiger partial charge >= 0.3 is 6.18 Å². The van der Waals surface area contributed by atoms with Crippen LogP contribution in [0.3, 0.4) is 0 Å². The summed E-state index contributed by atoms with van der Waals surface area (Å²) in [4.78, 5) is 12.9. The second kappa shape index (κ2) is 10.5. The van der Waals surface area contributed by atoms with Crippen LogP contribution in [-0.4, -0.2) is 5.91 Å². The van der Waals surface area contributed by atoms with Gasteiger partial charge in [-0.2, -0.15) is 18.4 Å². The number of nitriles is 1. The number of carbonyl (C=O) groups excluding carboxylic acids is 1. The van der Waals surface area contributed by atoms with Gasteiger partial charge in [-0.3, -0.25) is 4.79 Å². The Labute approximate surface area is 210 Å². The Morgan fingerprint density at radius 1 is 0.972 bits per heavy atom. The number of halogens is 4. The number of ether oxygens (including phenoxy) is 1. The van der Waals surface area contributed by atoms with E-state index in [1.54, 1.807) is 36.4 Å². The van der Waals surface area contributed by atoms with Crippen molar-refractivity contribution in [1.82, 2.24) is 0 Å². The molecule has 180 valence electrons. The summed E-state index contributed by atoms with van der Waals surface area (Å²) < 4.78 is 46.1. The number of benzene rings is 4. The number of rotatable bonds is 6. The molecule has 0 unspecified atom stereocenters. The second-order valence-electron chi connectivity index (χ2n) is 7.75. The Balaban J connectivity index is 1.72. The van der Waals surface area contributed by atoms with Crippen molar-refractivity contribution in [3.8, 4) is 11.8 Å². The van der Waals surface area contributed by atoms with E-state index >= 15 is 0 Å². The third-order valence-corrected chi connectivity index (χ3v) is 5.77. The standard InChI is InChI=1S/C28H18ClF3N2O2/c29-24-11-5-2-8-19(24)17-36-26-14-13-18-7-1-3-9-21(18)22(26)15-20(16-33)27(35)34-25-12-6-4-10-23(25)28(30,31)32/h1-15H,17H2,(H,34,35)/b20-15+. The molecule has 4 rings (SSSR count). The molecular weight excluding hydrogens is 489 g/mol. The molecule has 0 heterocycles. The number of anilines is 1. The van der Waals surface area contributed by atoms with Crippen molar-refractivity contribution in [2.45, 2.75) is 12.8 Å². The van der Waals surface area contributed by atoms with E-state index in [9.17, 15) is 23.2 Å². The largest absolute Gasteiger partial charge is 0.488 e. The van der Waals surface area contributed by atoms with Gasteiger partial charge in [-0.15, -0.1) is 0 Å². The lowest BCUT2D eigenvalue weighted by Gasteiger charge is -2.14. The number of fused-ring (bicyclic) bond motifs is 1. The van der Waals surface area contributed by atoms with E-state index in [4.69, 9.17) is 16.3 Å². The molecule has 0 aliphatic rings. The maximum atomic E-state index is 13.4. The molecule has 0 saturated carbocycles. The highest BCUT2D eigenvalue weighted by Crippen LogP contribution is 2.35. The summed E-state index contributed by atoms with van der Waals surface area (Å²) in [7, 11) is 0. The molecule has 8 heteroatoms. The molecule has 1 amide bonds. The van der Waals surface area contributed by atoms with Crippen LogP contribution in [-0.2, 0) is 17.6 Å². The predicted molar refractivity (Wildman–Crippen MR) is 133 cm³/mol. The van der Waals surface area contributed by atoms with Crippen LogP contribution in [0.5, 0.6) is 5.75 Å². The zero-order valence-electron chi connectivity index (χ0n) is 18.6. The molecule has 0 aliphatic heterocycles. The van der Waals surface area contributed by atoms with Gasteiger partial charge in [0.25, 0.3) is 5.91 Å². The highest BCUT2D eigenvalue weighted by molar-refractivity contribution is 6.31. The van der Waals surface area contributed by atoms with Crippen molar-refractivity contribution in [2.75, 3.05) is 5.32 Å². The monoisotopic (exact) mass is 506 g/mol. The first-order valence-corrected chi connectivity index (χ1v) is 11.1. The van der Waals surface area contributed by atoms with E-state index in [0.29, 0.717) is 21.7 Å². The third-order valence-electron chi connectivity index (χ3n) is 5.41. The molecule has 0 aliphatic carbocycles. The Hall–Kier alpha value is -4.28. The molecule has 1 N–H and O–H groups in total. The van der Waals surface area contributed by atoms with Crippen LogP contribution in [0.25, 0.3) is 16.8 Å². The fourth-order valence-electron chi connectivity index (χ4n) is 3.64. The van der Waals surface area contributed by atoms with E-state index in [1.165, 1.54) is 18.2 Å². The molecule has 0 fully saturated rings. The first-order chi connectivity index (χ1) is 17.3. The summed E-state index contributed by atoms with van der Waals surface area (Å²) >= 11 is 6.23. The van der Waals surface area contributed by atoms with Gasteiger partial charge in [-0.05, 0) is 41.1 Å². The number of nitrogens with one attached hydrogen (secondary N) is 1. The average Bonchev–Trinajstić information content (AvgIpc) is 2.86. The first kappa shape index (κ1) is 24.8. The van der Waals surface area contributed by atoms with Crippen LogP contribution in [0.1, 0.15) is 16.7 Å². The number of nitrogens with zero attached hydrogens (tertiary/aromatic N) is 1. The van der Waals surface area contributed by atoms with Gasteiger partial charge in [0, 0.05) is 16.1 Å². The fourth-order valence-corrected chi connectivity index (χ4v) is 3.83. The summed E-state index contributed by atoms with van der Waals surface area (Å²) in [6.45, 7) is 0.131. The van der Waals surface area contributed by atoms with Crippen molar-refractivity contribution >= 4 is 40.0 Å². The minimum atomic E-state index is -4.67. The summed E-state index contributed by atoms with van der Waals surface area (Å²) in [5.74, 6) is -0.593. The van der Waals surface area contributed by atoms with Gasteiger partial charge in [-0.1, -0.05) is 72.3 Å². The molecule has 0 saturated heterocycles. The molecule has 36 heavy (non-hydrogen) atoms. The SMILES string of the molecule is N#C/C(=C\c1c(OCc2ccccc2Cl)ccc2ccccc12)C(=O)Nc1ccccc1C(F)(F)F. The van der Waals surface area contributed by atoms with Gasteiger partial charge in [0.2, 0.25) is 0 Å². The molecule has 0 radical (unpaired) electrons. The van der Waals surface area contributed by atoms with E-state index < -0.39 is 23.3 Å². The predicted octanol–water partition coefficient (Wildman–Crippen LogP) is 7.64. The molecule has 0 spiro atoms. The van der Waals surface area contributed by atoms with Gasteiger partial charge in [-0.25, -0.2) is 0 Å². The van der Waals surface area contributed by atoms with Gasteiger partial charge in [0.1, 0.15) is 24.0 Å². The average molecular weight is 507 g/mol. The van der Waals surface area contributed by atoms with Crippen LogP contribution in [0.2, 0.25) is 5.02 Å². The third kappa shape index (κ3) is 5.51. The minimum absolute atomic E-state index is 0.131. The minimum Gasteiger partial charge on any atom is -0.488 e.